The SMILES string of the molecule is OCc1cc(C(F)(F)F)ccc1-c1ccccc1Cl. The summed E-state index contributed by atoms with van der Waals surface area (Å²) >= 11 is 6.01. The lowest BCUT2D eigenvalue weighted by Gasteiger charge is -2.13. The monoisotopic (exact) mass is 286 g/mol. The Morgan fingerprint density at radius 2 is 1.68 bits per heavy atom. The summed E-state index contributed by atoms with van der Waals surface area (Å²) in [7, 11) is 0. The van der Waals surface area contributed by atoms with E-state index in [1.165, 1.54) is 6.07 Å². The summed E-state index contributed by atoms with van der Waals surface area (Å²) in [6, 6.07) is 10.1. The Balaban J connectivity index is 2.57. The largest absolute Gasteiger partial charge is 0.416 e. The highest BCUT2D eigenvalue weighted by Gasteiger charge is 2.31. The maximum atomic E-state index is 12.6. The Labute approximate surface area is 113 Å². The van der Waals surface area contributed by atoms with Gasteiger partial charge in [0.15, 0.2) is 0 Å². The smallest absolute Gasteiger partial charge is 0.392 e. The molecule has 5 heteroatoms. The summed E-state index contributed by atoms with van der Waals surface area (Å²) in [6.07, 6.45) is -4.43. The number of aliphatic hydroxyl groups is 1. The van der Waals surface area contributed by atoms with Crippen molar-refractivity contribution in [3.63, 3.8) is 0 Å². The van der Waals surface area contributed by atoms with E-state index in [2.05, 4.69) is 0 Å². The van der Waals surface area contributed by atoms with Crippen molar-refractivity contribution in [1.29, 1.82) is 0 Å². The highest BCUT2D eigenvalue weighted by atomic mass is 35.5. The Kier molecular flexibility index (Phi) is 3.83. The van der Waals surface area contributed by atoms with Crippen LogP contribution in [0.4, 0.5) is 13.2 Å². The molecule has 0 radical (unpaired) electrons. The quantitative estimate of drug-likeness (QED) is 0.861. The van der Waals surface area contributed by atoms with E-state index in [0.29, 0.717) is 16.1 Å². The minimum atomic E-state index is -4.43. The van der Waals surface area contributed by atoms with Gasteiger partial charge in [-0.2, -0.15) is 13.2 Å². The number of halogens is 4. The molecule has 0 fully saturated rings. The summed E-state index contributed by atoms with van der Waals surface area (Å²) in [4.78, 5) is 0. The lowest BCUT2D eigenvalue weighted by atomic mass is 9.97. The van der Waals surface area contributed by atoms with Gasteiger partial charge in [0.2, 0.25) is 0 Å². The zero-order valence-electron chi connectivity index (χ0n) is 9.71. The van der Waals surface area contributed by atoms with E-state index in [9.17, 15) is 18.3 Å². The molecule has 0 amide bonds. The molecule has 2 aromatic rings. The summed E-state index contributed by atoms with van der Waals surface area (Å²) in [5.74, 6) is 0. The Morgan fingerprint density at radius 3 is 2.26 bits per heavy atom. The molecule has 0 aliphatic heterocycles. The Bertz CT molecular complexity index is 593. The number of hydrogen-bond donors (Lipinski definition) is 1. The Hall–Kier alpha value is -1.52. The zero-order valence-corrected chi connectivity index (χ0v) is 10.5. The summed E-state index contributed by atoms with van der Waals surface area (Å²) in [5, 5.41) is 9.68. The molecule has 0 unspecified atom stereocenters. The molecular formula is C14H10ClF3O. The van der Waals surface area contributed by atoms with Crippen molar-refractivity contribution in [2.45, 2.75) is 12.8 Å². The minimum Gasteiger partial charge on any atom is -0.392 e. The third kappa shape index (κ3) is 2.91. The minimum absolute atomic E-state index is 0.197. The second kappa shape index (κ2) is 5.23. The van der Waals surface area contributed by atoms with Gasteiger partial charge in [-0.05, 0) is 29.3 Å². The molecule has 0 aliphatic rings. The predicted molar refractivity (Wildman–Crippen MR) is 67.8 cm³/mol. The van der Waals surface area contributed by atoms with E-state index in [4.69, 9.17) is 11.6 Å². The maximum absolute atomic E-state index is 12.6. The van der Waals surface area contributed by atoms with E-state index >= 15 is 0 Å². The molecule has 0 heterocycles. The molecule has 0 aromatic heterocycles. The average Bonchev–Trinajstić information content (AvgIpc) is 2.37. The van der Waals surface area contributed by atoms with Crippen LogP contribution in [0, 0.1) is 0 Å². The first-order chi connectivity index (χ1) is 8.93. The van der Waals surface area contributed by atoms with Crippen LogP contribution < -0.4 is 0 Å². The molecule has 2 rings (SSSR count). The van der Waals surface area contributed by atoms with Crippen molar-refractivity contribution in [2.24, 2.45) is 0 Å². The maximum Gasteiger partial charge on any atom is 0.416 e. The van der Waals surface area contributed by atoms with Gasteiger partial charge >= 0.3 is 6.18 Å². The van der Waals surface area contributed by atoms with Crippen molar-refractivity contribution in [1.82, 2.24) is 0 Å². The van der Waals surface area contributed by atoms with Crippen LogP contribution in [0.25, 0.3) is 11.1 Å². The zero-order chi connectivity index (χ0) is 14.0. The molecule has 0 atom stereocenters. The van der Waals surface area contributed by atoms with E-state index in [-0.39, 0.29) is 5.56 Å². The number of hydrogen-bond acceptors (Lipinski definition) is 1. The standard InChI is InChI=1S/C14H10ClF3O/c15-13-4-2-1-3-12(13)11-6-5-10(14(16,17)18)7-9(11)8-19/h1-7,19H,8H2. The molecule has 0 saturated heterocycles. The van der Waals surface area contributed by atoms with Crippen LogP contribution in [0.2, 0.25) is 5.02 Å². The van der Waals surface area contributed by atoms with Gasteiger partial charge in [0.1, 0.15) is 0 Å². The number of benzene rings is 2. The number of rotatable bonds is 2. The van der Waals surface area contributed by atoms with E-state index in [0.717, 1.165) is 12.1 Å². The lowest BCUT2D eigenvalue weighted by Crippen LogP contribution is -2.06. The van der Waals surface area contributed by atoms with Gasteiger partial charge in [-0.1, -0.05) is 35.9 Å². The first-order valence-electron chi connectivity index (χ1n) is 5.49. The molecule has 1 nitrogen and oxygen atoms in total. The molecule has 1 N–H and O–H groups in total. The fourth-order valence-electron chi connectivity index (χ4n) is 1.84. The highest BCUT2D eigenvalue weighted by molar-refractivity contribution is 6.33. The summed E-state index contributed by atoms with van der Waals surface area (Å²) in [5.41, 5.74) is 0.512. The predicted octanol–water partition coefficient (Wildman–Crippen LogP) is 4.52. The van der Waals surface area contributed by atoms with Crippen LogP contribution in [0.1, 0.15) is 11.1 Å². The molecular weight excluding hydrogens is 277 g/mol. The van der Waals surface area contributed by atoms with Crippen LogP contribution in [-0.4, -0.2) is 5.11 Å². The van der Waals surface area contributed by atoms with Gasteiger partial charge < -0.3 is 5.11 Å². The van der Waals surface area contributed by atoms with Crippen LogP contribution in [0.3, 0.4) is 0 Å². The first kappa shape index (κ1) is 13.9. The third-order valence-electron chi connectivity index (χ3n) is 2.77. The van der Waals surface area contributed by atoms with Gasteiger partial charge in [-0.15, -0.1) is 0 Å². The van der Waals surface area contributed by atoms with E-state index in [1.807, 2.05) is 0 Å². The van der Waals surface area contributed by atoms with Crippen molar-refractivity contribution in [3.8, 4) is 11.1 Å². The molecule has 0 aliphatic carbocycles. The molecule has 19 heavy (non-hydrogen) atoms. The second-order valence-electron chi connectivity index (χ2n) is 4.01. The van der Waals surface area contributed by atoms with Crippen molar-refractivity contribution < 1.29 is 18.3 Å². The topological polar surface area (TPSA) is 20.2 Å². The average molecular weight is 287 g/mol. The number of alkyl halides is 3. The van der Waals surface area contributed by atoms with Gasteiger partial charge in [0.05, 0.1) is 12.2 Å². The normalized spacial score (nSPS) is 11.6. The van der Waals surface area contributed by atoms with Gasteiger partial charge in [-0.25, -0.2) is 0 Å². The molecule has 0 spiro atoms. The van der Waals surface area contributed by atoms with Crippen LogP contribution in [0.15, 0.2) is 42.5 Å². The fraction of sp³-hybridized carbons (Fsp3) is 0.143. The summed E-state index contributed by atoms with van der Waals surface area (Å²) < 4.78 is 37.8. The van der Waals surface area contributed by atoms with E-state index in [1.54, 1.807) is 24.3 Å². The molecule has 100 valence electrons. The lowest BCUT2D eigenvalue weighted by molar-refractivity contribution is -0.137. The molecule has 0 saturated carbocycles. The molecule has 2 aromatic carbocycles. The van der Waals surface area contributed by atoms with Crippen LogP contribution in [0.5, 0.6) is 0 Å². The highest BCUT2D eigenvalue weighted by Crippen LogP contribution is 2.35. The summed E-state index contributed by atoms with van der Waals surface area (Å²) in [6.45, 7) is -0.482. The van der Waals surface area contributed by atoms with Gasteiger partial charge in [0.25, 0.3) is 0 Å². The van der Waals surface area contributed by atoms with Crippen molar-refractivity contribution in [3.05, 3.63) is 58.6 Å². The Morgan fingerprint density at radius 1 is 1.00 bits per heavy atom. The molecule has 0 bridgehead atoms. The first-order valence-corrected chi connectivity index (χ1v) is 5.87. The van der Waals surface area contributed by atoms with Crippen molar-refractivity contribution in [2.75, 3.05) is 0 Å². The van der Waals surface area contributed by atoms with Crippen molar-refractivity contribution >= 4 is 11.6 Å². The van der Waals surface area contributed by atoms with Crippen LogP contribution >= 0.6 is 11.6 Å². The third-order valence-corrected chi connectivity index (χ3v) is 3.10. The van der Waals surface area contributed by atoms with Crippen LogP contribution in [-0.2, 0) is 12.8 Å². The second-order valence-corrected chi connectivity index (χ2v) is 4.41. The van der Waals surface area contributed by atoms with E-state index < -0.39 is 18.3 Å². The van der Waals surface area contributed by atoms with Gasteiger partial charge in [-0.3, -0.25) is 0 Å². The number of aliphatic hydroxyl groups excluding tert-OH is 1. The van der Waals surface area contributed by atoms with Gasteiger partial charge in [0, 0.05) is 10.6 Å². The fourth-order valence-corrected chi connectivity index (χ4v) is 2.08.